The molecule has 3 aromatic carbocycles. The topological polar surface area (TPSA) is 184 Å². The van der Waals surface area contributed by atoms with Gasteiger partial charge in [0.2, 0.25) is 11.8 Å². The van der Waals surface area contributed by atoms with Crippen LogP contribution in [-0.2, 0) is 41.7 Å². The maximum Gasteiger partial charge on any atom is 0.410 e. The number of aliphatic carboxylic acids is 1. The molecule has 0 aromatic heterocycles. The molecule has 3 N–H and O–H groups in total. The van der Waals surface area contributed by atoms with E-state index in [0.717, 1.165) is 22.3 Å². The molecule has 3 aromatic rings. The molecule has 5 atom stereocenters. The standard InChI is InChI=1S/C46H50FN5O10/c1-45(2,3)62-42(57)48-37-18-10-20-50(43(58)60-26-35-32-15-6-4-13-30(32)31-14-5-7-16-33(31)35)19-9-12-28-22-46(28,41(55)56)49-39(53)38-21-29(24-52(38)40(37)54)61-44(59)51-23-27-11-8-17-36(47)34(27)25-51/h4-9,11-17,28-29,35,37-38H,10,18-26H2,1-3H3,(H,48,57)(H,49,53)(H,55,56)/b12-9-/t28?,29?,37-,38?,46+/m0/s1. The fourth-order valence-electron chi connectivity index (χ4n) is 9.06. The van der Waals surface area contributed by atoms with Crippen molar-refractivity contribution in [2.45, 2.75) is 94.8 Å². The Morgan fingerprint density at radius 3 is 2.32 bits per heavy atom. The van der Waals surface area contributed by atoms with Crippen molar-refractivity contribution in [1.82, 2.24) is 25.3 Å². The Kier molecular flexibility index (Phi) is 11.4. The molecule has 5 aliphatic rings. The Bertz CT molecular complexity index is 2280. The van der Waals surface area contributed by atoms with E-state index in [-0.39, 0.29) is 70.9 Å². The molecule has 8 rings (SSSR count). The predicted molar refractivity (Wildman–Crippen MR) is 221 cm³/mol. The molecule has 0 bridgehead atoms. The van der Waals surface area contributed by atoms with Gasteiger partial charge in [-0.3, -0.25) is 14.5 Å². The summed E-state index contributed by atoms with van der Waals surface area (Å²) in [4.78, 5) is 86.0. The van der Waals surface area contributed by atoms with E-state index in [4.69, 9.17) is 14.2 Å². The molecule has 16 heteroatoms. The zero-order valence-electron chi connectivity index (χ0n) is 34.8. The van der Waals surface area contributed by atoms with Gasteiger partial charge in [0.1, 0.15) is 41.8 Å². The minimum Gasteiger partial charge on any atom is -0.479 e. The van der Waals surface area contributed by atoms with Crippen molar-refractivity contribution in [2.75, 3.05) is 26.2 Å². The molecule has 62 heavy (non-hydrogen) atoms. The largest absolute Gasteiger partial charge is 0.479 e. The van der Waals surface area contributed by atoms with Gasteiger partial charge >= 0.3 is 24.2 Å². The number of halogens is 1. The van der Waals surface area contributed by atoms with Crippen LogP contribution in [0.4, 0.5) is 18.8 Å². The summed E-state index contributed by atoms with van der Waals surface area (Å²) < 4.78 is 31.8. The van der Waals surface area contributed by atoms with E-state index in [1.807, 2.05) is 48.5 Å². The zero-order chi connectivity index (χ0) is 43.9. The monoisotopic (exact) mass is 851 g/mol. The third-order valence-electron chi connectivity index (χ3n) is 12.2. The van der Waals surface area contributed by atoms with E-state index in [0.29, 0.717) is 11.1 Å². The zero-order valence-corrected chi connectivity index (χ0v) is 34.8. The molecule has 5 amide bonds. The van der Waals surface area contributed by atoms with Crippen LogP contribution in [0.5, 0.6) is 0 Å². The summed E-state index contributed by atoms with van der Waals surface area (Å²) in [6, 6.07) is 18.0. The molecule has 3 heterocycles. The summed E-state index contributed by atoms with van der Waals surface area (Å²) in [6.07, 6.45) is 0.140. The first-order valence-electron chi connectivity index (χ1n) is 21.0. The molecule has 1 saturated heterocycles. The van der Waals surface area contributed by atoms with Crippen molar-refractivity contribution in [1.29, 1.82) is 0 Å². The number of nitrogens with zero attached hydrogens (tertiary/aromatic N) is 3. The van der Waals surface area contributed by atoms with E-state index in [9.17, 15) is 38.3 Å². The lowest BCUT2D eigenvalue weighted by Gasteiger charge is -2.30. The van der Waals surface area contributed by atoms with Crippen LogP contribution in [0, 0.1) is 11.7 Å². The number of amides is 5. The van der Waals surface area contributed by atoms with Crippen LogP contribution in [0.2, 0.25) is 0 Å². The molecule has 3 aliphatic heterocycles. The normalized spacial score (nSPS) is 25.1. The smallest absolute Gasteiger partial charge is 0.410 e. The second-order valence-electron chi connectivity index (χ2n) is 17.6. The number of hydrogen-bond donors (Lipinski definition) is 3. The number of fused-ring (bicyclic) bond motifs is 6. The number of carboxylic acid groups (broad SMARTS) is 1. The molecular weight excluding hydrogens is 802 g/mol. The Labute approximate surface area is 358 Å². The second kappa shape index (κ2) is 16.8. The SMILES string of the molecule is CC(C)(C)OC(=O)N[C@H]1CCCN(C(=O)OCC2c3ccccc3-c3ccccc32)C/C=C\C2C[C@@]2(C(=O)O)NC(=O)C2CC(OC(=O)N3Cc4cccc(F)c4C3)CN2C1=O. The van der Waals surface area contributed by atoms with Gasteiger partial charge in [-0.25, -0.2) is 23.6 Å². The highest BCUT2D eigenvalue weighted by Crippen LogP contribution is 2.46. The number of carboxylic acids is 1. The molecule has 15 nitrogen and oxygen atoms in total. The number of ether oxygens (including phenoxy) is 3. The number of carbonyl (C=O) groups excluding carboxylic acids is 5. The van der Waals surface area contributed by atoms with Gasteiger partial charge in [0.25, 0.3) is 0 Å². The number of benzene rings is 3. The van der Waals surface area contributed by atoms with Crippen molar-refractivity contribution in [3.8, 4) is 11.1 Å². The van der Waals surface area contributed by atoms with Gasteiger partial charge in [0, 0.05) is 43.5 Å². The first-order chi connectivity index (χ1) is 29.6. The maximum atomic E-state index is 14.6. The van der Waals surface area contributed by atoms with Gasteiger partial charge in [0.15, 0.2) is 0 Å². The van der Waals surface area contributed by atoms with Crippen molar-refractivity contribution in [2.24, 2.45) is 5.92 Å². The summed E-state index contributed by atoms with van der Waals surface area (Å²) >= 11 is 0. The van der Waals surface area contributed by atoms with Crippen LogP contribution in [0.25, 0.3) is 11.1 Å². The number of carbonyl (C=O) groups is 6. The molecule has 2 aliphatic carbocycles. The van der Waals surface area contributed by atoms with Gasteiger partial charge in [-0.2, -0.15) is 0 Å². The Morgan fingerprint density at radius 2 is 1.65 bits per heavy atom. The molecular formula is C46H50FN5O10. The number of alkyl carbamates (subject to hydrolysis) is 1. The fourth-order valence-corrected chi connectivity index (χ4v) is 9.06. The maximum absolute atomic E-state index is 14.6. The van der Waals surface area contributed by atoms with Crippen LogP contribution in [0.1, 0.15) is 74.6 Å². The van der Waals surface area contributed by atoms with E-state index in [2.05, 4.69) is 10.6 Å². The highest BCUT2D eigenvalue weighted by molar-refractivity contribution is 5.96. The van der Waals surface area contributed by atoms with Crippen molar-refractivity contribution >= 4 is 36.1 Å². The van der Waals surface area contributed by atoms with Crippen LogP contribution >= 0.6 is 0 Å². The predicted octanol–water partition coefficient (Wildman–Crippen LogP) is 5.70. The van der Waals surface area contributed by atoms with Crippen molar-refractivity contribution in [3.05, 3.63) is 107 Å². The highest BCUT2D eigenvalue weighted by Gasteiger charge is 2.61. The van der Waals surface area contributed by atoms with E-state index in [1.165, 1.54) is 20.8 Å². The third-order valence-corrected chi connectivity index (χ3v) is 12.2. The highest BCUT2D eigenvalue weighted by atomic mass is 19.1. The number of nitrogens with one attached hydrogen (secondary N) is 2. The third kappa shape index (κ3) is 8.55. The molecule has 326 valence electrons. The summed E-state index contributed by atoms with van der Waals surface area (Å²) in [6.45, 7) is 5.04. The Hall–Kier alpha value is -6.45. The van der Waals surface area contributed by atoms with E-state index >= 15 is 0 Å². The van der Waals surface area contributed by atoms with Crippen molar-refractivity contribution < 1.29 is 52.5 Å². The first kappa shape index (κ1) is 42.2. The van der Waals surface area contributed by atoms with E-state index in [1.54, 1.807) is 45.1 Å². The minimum atomic E-state index is -1.69. The molecule has 0 spiro atoms. The molecule has 3 unspecified atom stereocenters. The molecule has 1 saturated carbocycles. The summed E-state index contributed by atoms with van der Waals surface area (Å²) in [5.74, 6) is -4.00. The van der Waals surface area contributed by atoms with Gasteiger partial charge in [-0.1, -0.05) is 72.8 Å². The fraction of sp³-hybridized carbons (Fsp3) is 0.435. The number of hydrogen-bond acceptors (Lipinski definition) is 9. The number of rotatable bonds is 5. The van der Waals surface area contributed by atoms with E-state index < -0.39 is 77.1 Å². The second-order valence-corrected chi connectivity index (χ2v) is 17.6. The molecule has 2 fully saturated rings. The lowest BCUT2D eigenvalue weighted by molar-refractivity contribution is -0.145. The van der Waals surface area contributed by atoms with Crippen LogP contribution in [0.15, 0.2) is 78.9 Å². The van der Waals surface area contributed by atoms with Crippen molar-refractivity contribution in [3.63, 3.8) is 0 Å². The summed E-state index contributed by atoms with van der Waals surface area (Å²) in [5, 5.41) is 15.7. The van der Waals surface area contributed by atoms with Crippen LogP contribution in [0.3, 0.4) is 0 Å². The van der Waals surface area contributed by atoms with Crippen LogP contribution < -0.4 is 10.6 Å². The summed E-state index contributed by atoms with van der Waals surface area (Å²) in [5.41, 5.74) is 2.64. The Balaban J connectivity index is 1.03. The minimum absolute atomic E-state index is 0.00350. The van der Waals surface area contributed by atoms with Gasteiger partial charge in [-0.05, 0) is 73.9 Å². The summed E-state index contributed by atoms with van der Waals surface area (Å²) in [7, 11) is 0. The molecule has 0 radical (unpaired) electrons. The lowest BCUT2D eigenvalue weighted by Crippen LogP contribution is -2.56. The Morgan fingerprint density at radius 1 is 0.935 bits per heavy atom. The average Bonchev–Trinajstić information content (AvgIpc) is 3.51. The average molecular weight is 852 g/mol. The van der Waals surface area contributed by atoms with Gasteiger partial charge in [-0.15, -0.1) is 0 Å². The lowest BCUT2D eigenvalue weighted by atomic mass is 9.98. The van der Waals surface area contributed by atoms with Gasteiger partial charge in [0.05, 0.1) is 13.1 Å². The van der Waals surface area contributed by atoms with Crippen LogP contribution in [-0.4, -0.2) is 111 Å². The quantitative estimate of drug-likeness (QED) is 0.213. The van der Waals surface area contributed by atoms with Gasteiger partial charge < -0.3 is 39.8 Å². The first-order valence-corrected chi connectivity index (χ1v) is 21.0.